The van der Waals surface area contributed by atoms with Crippen LogP contribution in [0.4, 0.5) is 0 Å². The molecule has 0 saturated carbocycles. The van der Waals surface area contributed by atoms with E-state index in [1.54, 1.807) is 0 Å². The van der Waals surface area contributed by atoms with Crippen molar-refractivity contribution in [1.82, 2.24) is 4.98 Å². The Morgan fingerprint density at radius 2 is 2.14 bits per heavy atom. The number of nitrogens with one attached hydrogen (secondary N) is 1. The molecule has 0 fully saturated rings. The highest BCUT2D eigenvalue weighted by atomic mass is 32.2. The van der Waals surface area contributed by atoms with Gasteiger partial charge < -0.3 is 9.40 Å². The molecule has 0 aliphatic carbocycles. The van der Waals surface area contributed by atoms with E-state index in [0.717, 1.165) is 6.07 Å². The highest BCUT2D eigenvalue weighted by molar-refractivity contribution is 7.89. The first kappa shape index (κ1) is 8.97. The molecule has 2 aromatic rings. The van der Waals surface area contributed by atoms with E-state index >= 15 is 0 Å². The Morgan fingerprint density at radius 3 is 2.71 bits per heavy atom. The number of aromatic nitrogens is 1. The number of nitrogens with two attached hydrogens (primary N) is 1. The van der Waals surface area contributed by atoms with Gasteiger partial charge in [0.2, 0.25) is 5.09 Å². The third-order valence-corrected chi connectivity index (χ3v) is 2.47. The van der Waals surface area contributed by atoms with Crippen LogP contribution in [0.5, 0.6) is 0 Å². The lowest BCUT2D eigenvalue weighted by atomic mass is 10.3. The van der Waals surface area contributed by atoms with Crippen molar-refractivity contribution in [2.45, 2.75) is 5.09 Å². The van der Waals surface area contributed by atoms with Gasteiger partial charge in [0.25, 0.3) is 15.6 Å². The minimum atomic E-state index is -3.90. The summed E-state index contributed by atoms with van der Waals surface area (Å²) >= 11 is 0. The highest BCUT2D eigenvalue weighted by Crippen LogP contribution is 2.17. The summed E-state index contributed by atoms with van der Waals surface area (Å²) < 4.78 is 26.7. The van der Waals surface area contributed by atoms with Crippen LogP contribution < -0.4 is 10.7 Å². The van der Waals surface area contributed by atoms with Crippen molar-refractivity contribution in [3.63, 3.8) is 0 Å². The summed E-state index contributed by atoms with van der Waals surface area (Å²) in [6, 6.07) is 2.55. The molecule has 0 unspecified atom stereocenters. The van der Waals surface area contributed by atoms with Crippen LogP contribution in [0.2, 0.25) is 0 Å². The third kappa shape index (κ3) is 1.32. The van der Waals surface area contributed by atoms with Crippen LogP contribution in [0.3, 0.4) is 0 Å². The number of fused-ring (bicyclic) bond motifs is 1. The Bertz CT molecular complexity index is 637. The van der Waals surface area contributed by atoms with Gasteiger partial charge in [-0.15, -0.1) is 0 Å². The summed E-state index contributed by atoms with van der Waals surface area (Å²) in [5, 5.41) is 4.59. The molecule has 0 radical (unpaired) electrons. The molecule has 6 nitrogen and oxygen atoms in total. The maximum absolute atomic E-state index is 11.2. The lowest BCUT2D eigenvalue weighted by Crippen LogP contribution is -2.10. The number of pyridine rings is 1. The zero-order valence-electron chi connectivity index (χ0n) is 6.85. The van der Waals surface area contributed by atoms with Crippen molar-refractivity contribution in [2.24, 2.45) is 5.14 Å². The second kappa shape index (κ2) is 2.69. The number of sulfonamides is 1. The maximum atomic E-state index is 11.2. The van der Waals surface area contributed by atoms with Crippen LogP contribution in [0, 0.1) is 0 Å². The Balaban J connectivity index is 2.88. The molecule has 0 atom stereocenters. The summed E-state index contributed by atoms with van der Waals surface area (Å²) in [7, 11) is -3.90. The molecular formula is C7H6N2O4S. The first-order valence-corrected chi connectivity index (χ1v) is 5.17. The molecule has 2 rings (SSSR count). The van der Waals surface area contributed by atoms with Gasteiger partial charge in [0.05, 0.1) is 5.39 Å². The van der Waals surface area contributed by atoms with Crippen LogP contribution >= 0.6 is 0 Å². The Kier molecular flexibility index (Phi) is 1.73. The monoisotopic (exact) mass is 214 g/mol. The minimum Gasteiger partial charge on any atom is -0.443 e. The zero-order valence-corrected chi connectivity index (χ0v) is 7.67. The van der Waals surface area contributed by atoms with Crippen LogP contribution in [0.25, 0.3) is 11.0 Å². The van der Waals surface area contributed by atoms with Crippen molar-refractivity contribution in [1.29, 1.82) is 0 Å². The van der Waals surface area contributed by atoms with Gasteiger partial charge in [-0.05, 0) is 6.07 Å². The van der Waals surface area contributed by atoms with E-state index in [1.165, 1.54) is 12.3 Å². The number of hydrogen-bond acceptors (Lipinski definition) is 4. The Morgan fingerprint density at radius 1 is 1.43 bits per heavy atom. The van der Waals surface area contributed by atoms with Gasteiger partial charge in [-0.25, -0.2) is 13.6 Å². The molecule has 14 heavy (non-hydrogen) atoms. The second-order valence-corrected chi connectivity index (χ2v) is 4.19. The average molecular weight is 214 g/mol. The number of H-pyrrole nitrogens is 1. The predicted molar refractivity (Wildman–Crippen MR) is 48.2 cm³/mol. The van der Waals surface area contributed by atoms with E-state index in [9.17, 15) is 13.2 Å². The number of primary sulfonamides is 1. The van der Waals surface area contributed by atoms with Gasteiger partial charge in [0.1, 0.15) is 5.58 Å². The molecule has 0 saturated heterocycles. The highest BCUT2D eigenvalue weighted by Gasteiger charge is 2.15. The molecule has 2 heterocycles. The summed E-state index contributed by atoms with van der Waals surface area (Å²) in [6.07, 6.45) is 1.36. The van der Waals surface area contributed by atoms with E-state index in [0.29, 0.717) is 0 Å². The van der Waals surface area contributed by atoms with Gasteiger partial charge in [-0.3, -0.25) is 4.79 Å². The fourth-order valence-electron chi connectivity index (χ4n) is 1.09. The lowest BCUT2D eigenvalue weighted by molar-refractivity contribution is 0.482. The molecule has 0 aliphatic rings. The van der Waals surface area contributed by atoms with E-state index in [-0.39, 0.29) is 11.0 Å². The van der Waals surface area contributed by atoms with Gasteiger partial charge in [0.15, 0.2) is 0 Å². The fraction of sp³-hybridized carbons (Fsp3) is 0. The van der Waals surface area contributed by atoms with Crippen LogP contribution in [0.15, 0.2) is 32.6 Å². The number of rotatable bonds is 1. The number of hydrogen-bond donors (Lipinski definition) is 2. The molecule has 0 amide bonds. The first-order valence-electron chi connectivity index (χ1n) is 3.62. The number of aromatic amines is 1. The number of furan rings is 1. The van der Waals surface area contributed by atoms with Crippen molar-refractivity contribution < 1.29 is 12.8 Å². The summed E-state index contributed by atoms with van der Waals surface area (Å²) in [5.41, 5.74) is -0.223. The topological polar surface area (TPSA) is 106 Å². The van der Waals surface area contributed by atoms with E-state index in [1.807, 2.05) is 0 Å². The molecule has 0 aromatic carbocycles. The summed E-state index contributed by atoms with van der Waals surface area (Å²) in [6.45, 7) is 0. The largest absolute Gasteiger partial charge is 0.443 e. The Labute approximate surface area is 78.4 Å². The van der Waals surface area contributed by atoms with Gasteiger partial charge in [-0.1, -0.05) is 0 Å². The van der Waals surface area contributed by atoms with Crippen LogP contribution in [-0.4, -0.2) is 13.4 Å². The summed E-state index contributed by atoms with van der Waals surface area (Å²) in [5.74, 6) is 0. The quantitative estimate of drug-likeness (QED) is 0.683. The molecule has 0 aliphatic heterocycles. The molecule has 0 bridgehead atoms. The van der Waals surface area contributed by atoms with Crippen molar-refractivity contribution in [2.75, 3.05) is 0 Å². The smallest absolute Gasteiger partial charge is 0.271 e. The minimum absolute atomic E-state index is 0.163. The predicted octanol–water partition coefficient (Wildman–Crippen LogP) is -0.231. The zero-order chi connectivity index (χ0) is 10.3. The van der Waals surface area contributed by atoms with E-state index in [2.05, 4.69) is 4.98 Å². The molecule has 0 spiro atoms. The van der Waals surface area contributed by atoms with Gasteiger partial charge in [0, 0.05) is 12.3 Å². The van der Waals surface area contributed by atoms with Crippen LogP contribution in [-0.2, 0) is 10.0 Å². The van der Waals surface area contributed by atoms with E-state index < -0.39 is 20.7 Å². The van der Waals surface area contributed by atoms with E-state index in [4.69, 9.17) is 9.56 Å². The van der Waals surface area contributed by atoms with Gasteiger partial charge >= 0.3 is 0 Å². The lowest BCUT2D eigenvalue weighted by Gasteiger charge is -1.87. The normalized spacial score (nSPS) is 12.1. The van der Waals surface area contributed by atoms with Crippen molar-refractivity contribution >= 4 is 21.0 Å². The molecular weight excluding hydrogens is 208 g/mol. The second-order valence-electron chi connectivity index (χ2n) is 2.70. The van der Waals surface area contributed by atoms with Crippen molar-refractivity contribution in [3.8, 4) is 0 Å². The maximum Gasteiger partial charge on any atom is 0.271 e. The SMILES string of the molecule is NS(=O)(=O)c1cc2c(=O)[nH]ccc2o1. The first-order chi connectivity index (χ1) is 6.48. The average Bonchev–Trinajstić information content (AvgIpc) is 2.48. The van der Waals surface area contributed by atoms with Gasteiger partial charge in [-0.2, -0.15) is 0 Å². The standard InChI is InChI=1S/C7H6N2O4S/c8-14(11,12)6-3-4-5(13-6)1-2-9-7(4)10/h1-3H,(H,9,10)(H2,8,11,12). The molecule has 7 heteroatoms. The fourth-order valence-corrected chi connectivity index (χ4v) is 1.58. The molecule has 3 N–H and O–H groups in total. The third-order valence-electron chi connectivity index (χ3n) is 1.71. The molecule has 2 aromatic heterocycles. The summed E-state index contributed by atoms with van der Waals surface area (Å²) in [4.78, 5) is 13.6. The van der Waals surface area contributed by atoms with Crippen LogP contribution in [0.1, 0.15) is 0 Å². The Hall–Kier alpha value is -1.60. The molecule has 74 valence electrons. The van der Waals surface area contributed by atoms with Crippen molar-refractivity contribution in [3.05, 3.63) is 28.7 Å².